The van der Waals surface area contributed by atoms with Crippen LogP contribution in [0.2, 0.25) is 0 Å². The van der Waals surface area contributed by atoms with Gasteiger partial charge in [0, 0.05) is 5.92 Å². The minimum Gasteiger partial charge on any atom is -0.299 e. The lowest BCUT2D eigenvalue weighted by molar-refractivity contribution is 0.268. The molecule has 1 rings (SSSR count). The zero-order valence-electron chi connectivity index (χ0n) is 7.64. The Bertz CT molecular complexity index is 196. The van der Waals surface area contributed by atoms with Crippen LogP contribution in [-0.4, -0.2) is 12.1 Å². The average Bonchev–Trinajstić information content (AvgIpc) is 2.17. The summed E-state index contributed by atoms with van der Waals surface area (Å²) in [5, 5.41) is 12.4. The van der Waals surface area contributed by atoms with E-state index < -0.39 is 0 Å². The van der Waals surface area contributed by atoms with Crippen molar-refractivity contribution in [3.8, 4) is 6.07 Å². The molecule has 2 unspecified atom stereocenters. The van der Waals surface area contributed by atoms with Gasteiger partial charge in [-0.2, -0.15) is 5.26 Å². The van der Waals surface area contributed by atoms with Crippen molar-refractivity contribution in [3.05, 3.63) is 12.7 Å². The molecular formula is C10H16N2. The fraction of sp³-hybridized carbons (Fsp3) is 0.700. The number of piperidine rings is 1. The molecule has 0 bridgehead atoms. The van der Waals surface area contributed by atoms with Gasteiger partial charge in [0.05, 0.1) is 6.07 Å². The minimum absolute atomic E-state index is 0.239. The van der Waals surface area contributed by atoms with Gasteiger partial charge >= 0.3 is 0 Å². The molecule has 1 heterocycles. The van der Waals surface area contributed by atoms with Gasteiger partial charge in [0.15, 0.2) is 0 Å². The van der Waals surface area contributed by atoms with Crippen LogP contribution in [0.1, 0.15) is 26.2 Å². The molecule has 0 aromatic rings. The third-order valence-electron chi connectivity index (χ3n) is 2.77. The van der Waals surface area contributed by atoms with Gasteiger partial charge in [-0.15, -0.1) is 6.58 Å². The van der Waals surface area contributed by atoms with Crippen LogP contribution in [0.3, 0.4) is 0 Å². The lowest BCUT2D eigenvalue weighted by Gasteiger charge is -2.35. The number of hydrogen-bond acceptors (Lipinski definition) is 2. The fourth-order valence-electron chi connectivity index (χ4n) is 1.72. The monoisotopic (exact) mass is 164 g/mol. The van der Waals surface area contributed by atoms with Gasteiger partial charge in [-0.25, -0.2) is 0 Å². The minimum atomic E-state index is -0.333. The smallest absolute Gasteiger partial charge is 0.112 e. The SMILES string of the molecule is C=CC(C)C1(C#N)CCCCN1. The molecule has 0 aliphatic carbocycles. The Hall–Kier alpha value is -0.810. The van der Waals surface area contributed by atoms with Crippen molar-refractivity contribution in [1.29, 1.82) is 5.26 Å². The quantitative estimate of drug-likeness (QED) is 0.632. The largest absolute Gasteiger partial charge is 0.299 e. The Morgan fingerprint density at radius 3 is 2.83 bits per heavy atom. The summed E-state index contributed by atoms with van der Waals surface area (Å²) >= 11 is 0. The maximum absolute atomic E-state index is 9.08. The van der Waals surface area contributed by atoms with Gasteiger partial charge in [-0.3, -0.25) is 5.32 Å². The topological polar surface area (TPSA) is 35.8 Å². The molecule has 1 aliphatic heterocycles. The number of rotatable bonds is 2. The highest BCUT2D eigenvalue weighted by atomic mass is 15.0. The molecule has 2 heteroatoms. The second kappa shape index (κ2) is 3.73. The second-order valence-electron chi connectivity index (χ2n) is 3.49. The van der Waals surface area contributed by atoms with Gasteiger partial charge in [0.25, 0.3) is 0 Å². The molecule has 1 saturated heterocycles. The van der Waals surface area contributed by atoms with Crippen LogP contribution >= 0.6 is 0 Å². The molecule has 2 nitrogen and oxygen atoms in total. The van der Waals surface area contributed by atoms with Crippen molar-refractivity contribution in [2.75, 3.05) is 6.54 Å². The third kappa shape index (κ3) is 1.51. The van der Waals surface area contributed by atoms with Crippen molar-refractivity contribution in [3.63, 3.8) is 0 Å². The van der Waals surface area contributed by atoms with Crippen molar-refractivity contribution >= 4 is 0 Å². The highest BCUT2D eigenvalue weighted by Gasteiger charge is 2.35. The van der Waals surface area contributed by atoms with E-state index in [-0.39, 0.29) is 11.5 Å². The van der Waals surface area contributed by atoms with Gasteiger partial charge in [0.2, 0.25) is 0 Å². The summed E-state index contributed by atoms with van der Waals surface area (Å²) in [5.74, 6) is 0.239. The summed E-state index contributed by atoms with van der Waals surface area (Å²) in [7, 11) is 0. The molecule has 0 aromatic carbocycles. The number of nitrogens with one attached hydrogen (secondary N) is 1. The van der Waals surface area contributed by atoms with E-state index in [0.29, 0.717) is 0 Å². The molecule has 0 radical (unpaired) electrons. The summed E-state index contributed by atoms with van der Waals surface area (Å²) in [6.45, 7) is 6.75. The van der Waals surface area contributed by atoms with Crippen molar-refractivity contribution < 1.29 is 0 Å². The first-order valence-electron chi connectivity index (χ1n) is 4.54. The summed E-state index contributed by atoms with van der Waals surface area (Å²) in [4.78, 5) is 0. The van der Waals surface area contributed by atoms with E-state index in [0.717, 1.165) is 19.4 Å². The Balaban J connectivity index is 2.74. The standard InChI is InChI=1S/C10H16N2/c1-3-9(2)10(8-11)6-4-5-7-12-10/h3,9,12H,1,4-7H2,2H3. The number of nitriles is 1. The van der Waals surface area contributed by atoms with Gasteiger partial charge in [-0.05, 0) is 25.8 Å². The average molecular weight is 164 g/mol. The molecule has 12 heavy (non-hydrogen) atoms. The Labute approximate surface area is 74.3 Å². The Kier molecular flexibility index (Phi) is 2.88. The highest BCUT2D eigenvalue weighted by molar-refractivity contribution is 5.14. The normalized spacial score (nSPS) is 32.0. The predicted molar refractivity (Wildman–Crippen MR) is 49.6 cm³/mol. The molecule has 1 fully saturated rings. The molecule has 0 saturated carbocycles. The predicted octanol–water partition coefficient (Wildman–Crippen LogP) is 1.84. The van der Waals surface area contributed by atoms with Gasteiger partial charge in [-0.1, -0.05) is 13.0 Å². The molecule has 0 amide bonds. The van der Waals surface area contributed by atoms with Crippen molar-refractivity contribution in [1.82, 2.24) is 5.32 Å². The number of hydrogen-bond donors (Lipinski definition) is 1. The summed E-state index contributed by atoms with van der Waals surface area (Å²) in [6.07, 6.45) is 5.16. The molecule has 0 aromatic heterocycles. The van der Waals surface area contributed by atoms with E-state index >= 15 is 0 Å². The van der Waals surface area contributed by atoms with E-state index in [4.69, 9.17) is 5.26 Å². The Morgan fingerprint density at radius 2 is 2.42 bits per heavy atom. The van der Waals surface area contributed by atoms with Gasteiger partial charge < -0.3 is 0 Å². The first-order chi connectivity index (χ1) is 5.75. The molecule has 2 atom stereocenters. The second-order valence-corrected chi connectivity index (χ2v) is 3.49. The maximum Gasteiger partial charge on any atom is 0.112 e. The van der Waals surface area contributed by atoms with E-state index in [1.807, 2.05) is 6.08 Å². The molecular weight excluding hydrogens is 148 g/mol. The van der Waals surface area contributed by atoms with Crippen LogP contribution in [-0.2, 0) is 0 Å². The fourth-order valence-corrected chi connectivity index (χ4v) is 1.72. The highest BCUT2D eigenvalue weighted by Crippen LogP contribution is 2.27. The first kappa shape index (κ1) is 9.28. The summed E-state index contributed by atoms with van der Waals surface area (Å²) in [5.41, 5.74) is -0.333. The van der Waals surface area contributed by atoms with Crippen LogP contribution in [0.25, 0.3) is 0 Å². The summed E-state index contributed by atoms with van der Waals surface area (Å²) in [6, 6.07) is 2.39. The zero-order valence-corrected chi connectivity index (χ0v) is 7.64. The lowest BCUT2D eigenvalue weighted by Crippen LogP contribution is -2.51. The number of nitrogens with zero attached hydrogens (tertiary/aromatic N) is 1. The van der Waals surface area contributed by atoms with Crippen LogP contribution in [0, 0.1) is 17.2 Å². The molecule has 1 N–H and O–H groups in total. The van der Waals surface area contributed by atoms with Crippen LogP contribution in [0.5, 0.6) is 0 Å². The van der Waals surface area contributed by atoms with E-state index in [1.165, 1.54) is 6.42 Å². The third-order valence-corrected chi connectivity index (χ3v) is 2.77. The van der Waals surface area contributed by atoms with Crippen molar-refractivity contribution in [2.45, 2.75) is 31.7 Å². The van der Waals surface area contributed by atoms with E-state index in [1.54, 1.807) is 0 Å². The van der Waals surface area contributed by atoms with Crippen LogP contribution < -0.4 is 5.32 Å². The summed E-state index contributed by atoms with van der Waals surface area (Å²) < 4.78 is 0. The lowest BCUT2D eigenvalue weighted by atomic mass is 9.80. The van der Waals surface area contributed by atoms with E-state index in [9.17, 15) is 0 Å². The molecule has 1 aliphatic rings. The van der Waals surface area contributed by atoms with Crippen LogP contribution in [0.15, 0.2) is 12.7 Å². The molecule has 0 spiro atoms. The van der Waals surface area contributed by atoms with Gasteiger partial charge in [0.1, 0.15) is 5.54 Å². The van der Waals surface area contributed by atoms with Crippen LogP contribution in [0.4, 0.5) is 0 Å². The zero-order chi connectivity index (χ0) is 9.03. The molecule has 66 valence electrons. The van der Waals surface area contributed by atoms with Crippen molar-refractivity contribution in [2.24, 2.45) is 5.92 Å². The first-order valence-corrected chi connectivity index (χ1v) is 4.54. The van der Waals surface area contributed by atoms with E-state index in [2.05, 4.69) is 24.9 Å². The maximum atomic E-state index is 9.08. The Morgan fingerprint density at radius 1 is 1.67 bits per heavy atom.